The van der Waals surface area contributed by atoms with Gasteiger partial charge < -0.3 is 9.47 Å². The largest absolute Gasteiger partial charge is 0.497 e. The Hall–Kier alpha value is -3.06. The SMILES string of the molecule is COc1cccc(CN(c2ccccc2F)S(=O)(=O)c2cccc(OC)c2)c1. The Morgan fingerprint density at radius 3 is 2.18 bits per heavy atom. The van der Waals surface area contributed by atoms with Crippen LogP contribution in [0.2, 0.25) is 0 Å². The first kappa shape index (κ1) is 19.7. The van der Waals surface area contributed by atoms with Gasteiger partial charge in [0.25, 0.3) is 10.0 Å². The molecule has 0 amide bonds. The molecule has 0 aliphatic rings. The molecule has 5 nitrogen and oxygen atoms in total. The Kier molecular flexibility index (Phi) is 5.84. The van der Waals surface area contributed by atoms with Crippen LogP contribution >= 0.6 is 0 Å². The maximum absolute atomic E-state index is 14.5. The second-order valence-corrected chi connectivity index (χ2v) is 7.86. The van der Waals surface area contributed by atoms with Gasteiger partial charge in [0, 0.05) is 6.07 Å². The van der Waals surface area contributed by atoms with Gasteiger partial charge in [0.15, 0.2) is 0 Å². The van der Waals surface area contributed by atoms with Crippen molar-refractivity contribution in [2.45, 2.75) is 11.4 Å². The van der Waals surface area contributed by atoms with Crippen molar-refractivity contribution in [2.24, 2.45) is 0 Å². The number of hydrogen-bond donors (Lipinski definition) is 0. The lowest BCUT2D eigenvalue weighted by Crippen LogP contribution is -2.31. The normalized spacial score (nSPS) is 11.1. The lowest BCUT2D eigenvalue weighted by Gasteiger charge is -2.25. The van der Waals surface area contributed by atoms with Crippen molar-refractivity contribution in [3.63, 3.8) is 0 Å². The molecule has 0 N–H and O–H groups in total. The number of para-hydroxylation sites is 1. The van der Waals surface area contributed by atoms with Crippen LogP contribution < -0.4 is 13.8 Å². The number of methoxy groups -OCH3 is 2. The molecule has 3 aromatic carbocycles. The third-order valence-corrected chi connectivity index (χ3v) is 5.97. The Morgan fingerprint density at radius 1 is 0.857 bits per heavy atom. The van der Waals surface area contributed by atoms with Crippen molar-refractivity contribution in [3.8, 4) is 11.5 Å². The van der Waals surface area contributed by atoms with E-state index < -0.39 is 15.8 Å². The van der Waals surface area contributed by atoms with Crippen LogP contribution in [0, 0.1) is 5.82 Å². The smallest absolute Gasteiger partial charge is 0.264 e. The summed E-state index contributed by atoms with van der Waals surface area (Å²) in [4.78, 5) is 0.0120. The first-order chi connectivity index (χ1) is 13.5. The molecule has 28 heavy (non-hydrogen) atoms. The number of rotatable bonds is 7. The minimum Gasteiger partial charge on any atom is -0.497 e. The molecular weight excluding hydrogens is 381 g/mol. The molecule has 0 fully saturated rings. The van der Waals surface area contributed by atoms with Crippen LogP contribution in [0.5, 0.6) is 11.5 Å². The van der Waals surface area contributed by atoms with Gasteiger partial charge in [0.1, 0.15) is 17.3 Å². The Labute approximate surface area is 164 Å². The fourth-order valence-electron chi connectivity index (χ4n) is 2.78. The van der Waals surface area contributed by atoms with Crippen molar-refractivity contribution in [2.75, 3.05) is 18.5 Å². The van der Waals surface area contributed by atoms with E-state index in [0.29, 0.717) is 17.1 Å². The van der Waals surface area contributed by atoms with Gasteiger partial charge in [0.05, 0.1) is 31.3 Å². The predicted molar refractivity (Wildman–Crippen MR) is 106 cm³/mol. The maximum atomic E-state index is 14.5. The molecule has 3 rings (SSSR count). The van der Waals surface area contributed by atoms with E-state index >= 15 is 0 Å². The van der Waals surface area contributed by atoms with Gasteiger partial charge in [-0.1, -0.05) is 30.3 Å². The quantitative estimate of drug-likeness (QED) is 0.594. The molecule has 0 atom stereocenters. The molecule has 0 unspecified atom stereocenters. The third-order valence-electron chi connectivity index (χ3n) is 4.21. The molecule has 0 aromatic heterocycles. The van der Waals surface area contributed by atoms with Crippen LogP contribution in [0.4, 0.5) is 10.1 Å². The molecule has 0 aliphatic carbocycles. The number of halogens is 1. The molecule has 146 valence electrons. The predicted octanol–water partition coefficient (Wildman–Crippen LogP) is 4.24. The molecule has 0 aliphatic heterocycles. The van der Waals surface area contributed by atoms with E-state index in [1.54, 1.807) is 42.5 Å². The summed E-state index contributed by atoms with van der Waals surface area (Å²) in [5, 5.41) is 0. The number of hydrogen-bond acceptors (Lipinski definition) is 4. The van der Waals surface area contributed by atoms with Crippen molar-refractivity contribution in [1.29, 1.82) is 0 Å². The zero-order valence-corrected chi connectivity index (χ0v) is 16.3. The third kappa shape index (κ3) is 4.09. The average molecular weight is 401 g/mol. The molecular formula is C21H20FNO4S. The zero-order chi connectivity index (χ0) is 20.1. The standard InChI is InChI=1S/C21H20FNO4S/c1-26-17-8-5-7-16(13-17)15-23(21-12-4-3-11-20(21)22)28(24,25)19-10-6-9-18(14-19)27-2/h3-14H,15H2,1-2H3. The van der Waals surface area contributed by atoms with Crippen molar-refractivity contribution in [3.05, 3.63) is 84.2 Å². The second-order valence-electron chi connectivity index (χ2n) is 5.99. The van der Waals surface area contributed by atoms with Gasteiger partial charge in [-0.15, -0.1) is 0 Å². The molecule has 0 spiro atoms. The summed E-state index contributed by atoms with van der Waals surface area (Å²) < 4.78 is 52.7. The Balaban J connectivity index is 2.11. The number of anilines is 1. The van der Waals surface area contributed by atoms with Gasteiger partial charge in [-0.05, 0) is 42.0 Å². The molecule has 0 radical (unpaired) electrons. The van der Waals surface area contributed by atoms with Gasteiger partial charge in [-0.3, -0.25) is 4.31 Å². The summed E-state index contributed by atoms with van der Waals surface area (Å²) >= 11 is 0. The Bertz CT molecular complexity index is 1070. The van der Waals surface area contributed by atoms with E-state index in [-0.39, 0.29) is 17.1 Å². The molecule has 3 aromatic rings. The van der Waals surface area contributed by atoms with Gasteiger partial charge in [-0.25, -0.2) is 12.8 Å². The van der Waals surface area contributed by atoms with Crippen LogP contribution in [0.1, 0.15) is 5.56 Å². The Morgan fingerprint density at radius 2 is 1.50 bits per heavy atom. The van der Waals surface area contributed by atoms with E-state index in [2.05, 4.69) is 0 Å². The van der Waals surface area contributed by atoms with E-state index in [0.717, 1.165) is 4.31 Å². The van der Waals surface area contributed by atoms with E-state index in [9.17, 15) is 12.8 Å². The van der Waals surface area contributed by atoms with Gasteiger partial charge in [-0.2, -0.15) is 0 Å². The summed E-state index contributed by atoms with van der Waals surface area (Å²) in [5.41, 5.74) is 0.627. The fraction of sp³-hybridized carbons (Fsp3) is 0.143. The maximum Gasteiger partial charge on any atom is 0.264 e. The number of sulfonamides is 1. The highest BCUT2D eigenvalue weighted by Gasteiger charge is 2.27. The summed E-state index contributed by atoms with van der Waals surface area (Å²) in [6.07, 6.45) is 0. The lowest BCUT2D eigenvalue weighted by molar-refractivity contribution is 0.413. The molecule has 0 saturated heterocycles. The summed E-state index contributed by atoms with van der Waals surface area (Å²) in [7, 11) is -1.07. The molecule has 0 bridgehead atoms. The molecule has 7 heteroatoms. The van der Waals surface area contributed by atoms with Crippen LogP contribution in [0.25, 0.3) is 0 Å². The monoisotopic (exact) mass is 401 g/mol. The van der Waals surface area contributed by atoms with Crippen molar-refractivity contribution in [1.82, 2.24) is 0 Å². The summed E-state index contributed by atoms with van der Waals surface area (Å²) in [6, 6.07) is 18.9. The number of benzene rings is 3. The number of ether oxygens (including phenoxy) is 2. The second kappa shape index (κ2) is 8.31. The topological polar surface area (TPSA) is 55.8 Å². The van der Waals surface area contributed by atoms with Gasteiger partial charge in [0.2, 0.25) is 0 Å². The zero-order valence-electron chi connectivity index (χ0n) is 15.5. The number of nitrogens with zero attached hydrogens (tertiary/aromatic N) is 1. The van der Waals surface area contributed by atoms with Crippen LogP contribution in [-0.2, 0) is 16.6 Å². The highest BCUT2D eigenvalue weighted by atomic mass is 32.2. The van der Waals surface area contributed by atoms with Crippen LogP contribution in [0.15, 0.2) is 77.7 Å². The summed E-state index contributed by atoms with van der Waals surface area (Å²) in [5.74, 6) is 0.359. The van der Waals surface area contributed by atoms with E-state index in [4.69, 9.17) is 9.47 Å². The highest BCUT2D eigenvalue weighted by molar-refractivity contribution is 7.92. The van der Waals surface area contributed by atoms with Crippen LogP contribution in [-0.4, -0.2) is 22.6 Å². The first-order valence-electron chi connectivity index (χ1n) is 8.50. The van der Waals surface area contributed by atoms with E-state index in [1.807, 2.05) is 0 Å². The molecule has 0 saturated carbocycles. The highest BCUT2D eigenvalue weighted by Crippen LogP contribution is 2.30. The van der Waals surface area contributed by atoms with Gasteiger partial charge >= 0.3 is 0 Å². The van der Waals surface area contributed by atoms with Crippen LogP contribution in [0.3, 0.4) is 0 Å². The minimum absolute atomic E-state index is 0.0120. The van der Waals surface area contributed by atoms with E-state index in [1.165, 1.54) is 44.6 Å². The summed E-state index contributed by atoms with van der Waals surface area (Å²) in [6.45, 7) is -0.0579. The minimum atomic E-state index is -4.05. The fourth-order valence-corrected chi connectivity index (χ4v) is 4.28. The van der Waals surface area contributed by atoms with Crippen molar-refractivity contribution < 1.29 is 22.3 Å². The lowest BCUT2D eigenvalue weighted by atomic mass is 10.2. The average Bonchev–Trinajstić information content (AvgIpc) is 2.72. The first-order valence-corrected chi connectivity index (χ1v) is 9.94. The van der Waals surface area contributed by atoms with Crippen molar-refractivity contribution >= 4 is 15.7 Å². The molecule has 0 heterocycles.